The van der Waals surface area contributed by atoms with Crippen LogP contribution in [0.2, 0.25) is 0 Å². The molecule has 0 unspecified atom stereocenters. The van der Waals surface area contributed by atoms with E-state index in [9.17, 15) is 9.90 Å². The van der Waals surface area contributed by atoms with Gasteiger partial charge in [-0.05, 0) is 39.8 Å². The quantitative estimate of drug-likeness (QED) is 0.706. The lowest BCUT2D eigenvalue weighted by Gasteiger charge is -2.30. The molecule has 0 radical (unpaired) electrons. The van der Waals surface area contributed by atoms with Gasteiger partial charge < -0.3 is 15.3 Å². The van der Waals surface area contributed by atoms with E-state index in [1.54, 1.807) is 25.8 Å². The number of amides is 1. The Hall–Kier alpha value is -0.610. The number of hydrogen-bond acceptors (Lipinski definition) is 3. The van der Waals surface area contributed by atoms with Crippen LogP contribution < -0.4 is 5.32 Å². The highest BCUT2D eigenvalue weighted by molar-refractivity contribution is 5.78. The van der Waals surface area contributed by atoms with Gasteiger partial charge in [0, 0.05) is 19.5 Å². The highest BCUT2D eigenvalue weighted by atomic mass is 16.3. The number of aliphatic hydroxyl groups is 1. The summed E-state index contributed by atoms with van der Waals surface area (Å²) in [5, 5.41) is 12.9. The fourth-order valence-corrected chi connectivity index (χ4v) is 2.04. The smallest absolute Gasteiger partial charge is 0.225 e. The minimum Gasteiger partial charge on any atom is -0.389 e. The molecular weight excluding hydrogens is 192 g/mol. The largest absolute Gasteiger partial charge is 0.389 e. The molecule has 0 aromatic heterocycles. The van der Waals surface area contributed by atoms with Crippen molar-refractivity contribution >= 4 is 5.91 Å². The zero-order valence-corrected chi connectivity index (χ0v) is 9.92. The van der Waals surface area contributed by atoms with E-state index in [0.717, 1.165) is 25.9 Å². The lowest BCUT2D eigenvalue weighted by Crippen LogP contribution is -2.44. The molecule has 15 heavy (non-hydrogen) atoms. The Morgan fingerprint density at radius 3 is 2.47 bits per heavy atom. The second-order valence-corrected chi connectivity index (χ2v) is 5.03. The number of piperidine rings is 1. The average Bonchev–Trinajstić information content (AvgIpc) is 2.15. The molecule has 0 atom stereocenters. The molecular formula is C11H22N2O2. The summed E-state index contributed by atoms with van der Waals surface area (Å²) < 4.78 is 0. The van der Waals surface area contributed by atoms with Crippen LogP contribution in [0.4, 0.5) is 0 Å². The van der Waals surface area contributed by atoms with Crippen LogP contribution in [0, 0.1) is 5.92 Å². The molecule has 1 heterocycles. The Bertz CT molecular complexity index is 217. The van der Waals surface area contributed by atoms with Gasteiger partial charge in [0.1, 0.15) is 0 Å². The van der Waals surface area contributed by atoms with Gasteiger partial charge in [-0.15, -0.1) is 0 Å². The van der Waals surface area contributed by atoms with E-state index in [-0.39, 0.29) is 11.8 Å². The third-order valence-electron chi connectivity index (χ3n) is 2.69. The molecule has 0 saturated carbocycles. The molecule has 0 aromatic rings. The summed E-state index contributed by atoms with van der Waals surface area (Å²) in [4.78, 5) is 13.6. The van der Waals surface area contributed by atoms with Gasteiger partial charge in [0.15, 0.2) is 0 Å². The molecule has 0 aliphatic carbocycles. The van der Waals surface area contributed by atoms with Gasteiger partial charge in [-0.1, -0.05) is 0 Å². The topological polar surface area (TPSA) is 52.6 Å². The van der Waals surface area contributed by atoms with Crippen molar-refractivity contribution in [3.63, 3.8) is 0 Å². The van der Waals surface area contributed by atoms with Crippen molar-refractivity contribution < 1.29 is 9.90 Å². The van der Waals surface area contributed by atoms with Crippen LogP contribution in [0.25, 0.3) is 0 Å². The van der Waals surface area contributed by atoms with Crippen LogP contribution in [0.5, 0.6) is 0 Å². The lowest BCUT2D eigenvalue weighted by molar-refractivity contribution is -0.137. The van der Waals surface area contributed by atoms with Crippen molar-refractivity contribution in [3.05, 3.63) is 0 Å². The van der Waals surface area contributed by atoms with E-state index in [0.29, 0.717) is 6.54 Å². The molecule has 2 N–H and O–H groups in total. The molecule has 4 heteroatoms. The minimum absolute atomic E-state index is 0.138. The van der Waals surface area contributed by atoms with E-state index in [1.165, 1.54) is 0 Å². The molecule has 0 aromatic carbocycles. The molecule has 1 amide bonds. The van der Waals surface area contributed by atoms with Gasteiger partial charge in [-0.2, -0.15) is 0 Å². The zero-order chi connectivity index (χ0) is 11.5. The molecule has 1 rings (SSSR count). The molecule has 1 fully saturated rings. The highest BCUT2D eigenvalue weighted by Crippen LogP contribution is 2.15. The van der Waals surface area contributed by atoms with Gasteiger partial charge in [-0.3, -0.25) is 4.79 Å². The fraction of sp³-hybridized carbons (Fsp3) is 0.909. The first-order chi connectivity index (χ1) is 6.90. The molecule has 4 nitrogen and oxygen atoms in total. The normalized spacial score (nSPS) is 18.9. The predicted octanol–water partition coefficient (Wildman–Crippen LogP) is 0.215. The number of hydrogen-bond donors (Lipinski definition) is 2. The summed E-state index contributed by atoms with van der Waals surface area (Å²) in [6.45, 7) is 5.69. The van der Waals surface area contributed by atoms with E-state index < -0.39 is 5.60 Å². The molecule has 1 aliphatic heterocycles. The first-order valence-corrected chi connectivity index (χ1v) is 5.58. The summed E-state index contributed by atoms with van der Waals surface area (Å²) >= 11 is 0. The van der Waals surface area contributed by atoms with Crippen molar-refractivity contribution in [2.75, 3.05) is 26.7 Å². The van der Waals surface area contributed by atoms with Crippen LogP contribution in [0.3, 0.4) is 0 Å². The summed E-state index contributed by atoms with van der Waals surface area (Å²) in [7, 11) is 1.77. The molecule has 0 spiro atoms. The van der Waals surface area contributed by atoms with Gasteiger partial charge in [-0.25, -0.2) is 0 Å². The number of nitrogens with zero attached hydrogens (tertiary/aromatic N) is 1. The van der Waals surface area contributed by atoms with E-state index >= 15 is 0 Å². The van der Waals surface area contributed by atoms with E-state index in [2.05, 4.69) is 5.32 Å². The number of carbonyl (C=O) groups excluding carboxylic acids is 1. The van der Waals surface area contributed by atoms with E-state index in [4.69, 9.17) is 0 Å². The fourth-order valence-electron chi connectivity index (χ4n) is 2.04. The molecule has 88 valence electrons. The zero-order valence-electron chi connectivity index (χ0n) is 9.92. The number of nitrogens with one attached hydrogen (secondary N) is 1. The lowest BCUT2D eigenvalue weighted by atomic mass is 9.96. The molecule has 1 saturated heterocycles. The molecule has 0 bridgehead atoms. The standard InChI is InChI=1S/C11H22N2O2/c1-11(2,15)8-13(3)10(14)9-4-6-12-7-5-9/h9,12,15H,4-8H2,1-3H3. The summed E-state index contributed by atoms with van der Waals surface area (Å²) in [5.41, 5.74) is -0.808. The first-order valence-electron chi connectivity index (χ1n) is 5.58. The van der Waals surface area contributed by atoms with E-state index in [1.807, 2.05) is 0 Å². The van der Waals surface area contributed by atoms with Crippen molar-refractivity contribution in [2.24, 2.45) is 5.92 Å². The number of likely N-dealkylation sites (N-methyl/N-ethyl adjacent to an activating group) is 1. The second kappa shape index (κ2) is 4.94. The predicted molar refractivity (Wildman–Crippen MR) is 59.5 cm³/mol. The van der Waals surface area contributed by atoms with Crippen LogP contribution in [0.1, 0.15) is 26.7 Å². The monoisotopic (exact) mass is 214 g/mol. The van der Waals surface area contributed by atoms with Crippen molar-refractivity contribution in [3.8, 4) is 0 Å². The Balaban J connectivity index is 2.44. The Morgan fingerprint density at radius 2 is 2.00 bits per heavy atom. The van der Waals surface area contributed by atoms with Crippen LogP contribution in [0.15, 0.2) is 0 Å². The van der Waals surface area contributed by atoms with Crippen LogP contribution >= 0.6 is 0 Å². The molecule has 1 aliphatic rings. The second-order valence-electron chi connectivity index (χ2n) is 5.03. The third kappa shape index (κ3) is 4.18. The van der Waals surface area contributed by atoms with Gasteiger partial charge in [0.2, 0.25) is 5.91 Å². The van der Waals surface area contributed by atoms with Crippen molar-refractivity contribution in [2.45, 2.75) is 32.3 Å². The Labute approximate surface area is 91.6 Å². The first kappa shape index (κ1) is 12.5. The third-order valence-corrected chi connectivity index (χ3v) is 2.69. The van der Waals surface area contributed by atoms with Gasteiger partial charge >= 0.3 is 0 Å². The maximum Gasteiger partial charge on any atom is 0.225 e. The van der Waals surface area contributed by atoms with Crippen LogP contribution in [-0.2, 0) is 4.79 Å². The SMILES string of the molecule is CN(CC(C)(C)O)C(=O)C1CCNCC1. The number of carbonyl (C=O) groups is 1. The average molecular weight is 214 g/mol. The summed E-state index contributed by atoms with van der Waals surface area (Å²) in [6.07, 6.45) is 1.82. The van der Waals surface area contributed by atoms with Crippen molar-refractivity contribution in [1.82, 2.24) is 10.2 Å². The van der Waals surface area contributed by atoms with Gasteiger partial charge in [0.25, 0.3) is 0 Å². The minimum atomic E-state index is -0.808. The Morgan fingerprint density at radius 1 is 1.47 bits per heavy atom. The van der Waals surface area contributed by atoms with Crippen LogP contribution in [-0.4, -0.2) is 48.2 Å². The Kier molecular flexibility index (Phi) is 4.11. The highest BCUT2D eigenvalue weighted by Gasteiger charge is 2.26. The maximum absolute atomic E-state index is 12.0. The summed E-state index contributed by atoms with van der Waals surface area (Å²) in [6, 6.07) is 0. The van der Waals surface area contributed by atoms with Gasteiger partial charge in [0.05, 0.1) is 5.60 Å². The summed E-state index contributed by atoms with van der Waals surface area (Å²) in [5.74, 6) is 0.303. The van der Waals surface area contributed by atoms with Crippen molar-refractivity contribution in [1.29, 1.82) is 0 Å². The number of rotatable bonds is 3. The maximum atomic E-state index is 12.0.